The summed E-state index contributed by atoms with van der Waals surface area (Å²) in [6.45, 7) is 7.92. The van der Waals surface area contributed by atoms with Crippen LogP contribution in [0.15, 0.2) is 29.1 Å². The van der Waals surface area contributed by atoms with Crippen molar-refractivity contribution >= 4 is 23.0 Å². The molecule has 29 heavy (non-hydrogen) atoms. The molecule has 9 heteroatoms. The summed E-state index contributed by atoms with van der Waals surface area (Å²) in [7, 11) is 0. The van der Waals surface area contributed by atoms with Gasteiger partial charge in [0.05, 0.1) is 24.2 Å². The largest absolute Gasteiger partial charge is 0.379 e. The highest BCUT2D eigenvalue weighted by Gasteiger charge is 2.26. The number of nitrogens with one attached hydrogen (secondary N) is 1. The number of morpholine rings is 1. The third-order valence-corrected chi connectivity index (χ3v) is 5.58. The molecule has 3 rings (SSSR count). The first-order chi connectivity index (χ1) is 13.9. The zero-order chi connectivity index (χ0) is 21.0. The SMILES string of the molecule is CC[C@H](C)C(NC(=O)n1c(=O)n(CCN2CCOCC2)c2ccccc21)C(N)=O. The molecule has 2 heterocycles. The number of hydrogen-bond acceptors (Lipinski definition) is 5. The van der Waals surface area contributed by atoms with Gasteiger partial charge < -0.3 is 15.8 Å². The van der Waals surface area contributed by atoms with Gasteiger partial charge in [-0.2, -0.15) is 0 Å². The molecule has 2 atom stereocenters. The molecule has 0 saturated carbocycles. The Bertz CT molecular complexity index is 929. The highest BCUT2D eigenvalue weighted by molar-refractivity contribution is 5.92. The molecule has 2 aromatic rings. The second-order valence-corrected chi connectivity index (χ2v) is 7.43. The van der Waals surface area contributed by atoms with E-state index in [4.69, 9.17) is 10.5 Å². The van der Waals surface area contributed by atoms with Crippen molar-refractivity contribution in [2.75, 3.05) is 32.8 Å². The number of benzene rings is 1. The summed E-state index contributed by atoms with van der Waals surface area (Å²) in [5, 5.41) is 2.64. The Balaban J connectivity index is 1.89. The first-order valence-corrected chi connectivity index (χ1v) is 10.0. The van der Waals surface area contributed by atoms with Crippen molar-refractivity contribution in [1.29, 1.82) is 0 Å². The molecule has 1 aromatic carbocycles. The highest BCUT2D eigenvalue weighted by atomic mass is 16.5. The van der Waals surface area contributed by atoms with Gasteiger partial charge in [0.1, 0.15) is 6.04 Å². The number of nitrogens with zero attached hydrogens (tertiary/aromatic N) is 3. The predicted molar refractivity (Wildman–Crippen MR) is 110 cm³/mol. The summed E-state index contributed by atoms with van der Waals surface area (Å²) < 4.78 is 8.06. The summed E-state index contributed by atoms with van der Waals surface area (Å²) in [5.41, 5.74) is 6.22. The molecule has 158 valence electrons. The van der Waals surface area contributed by atoms with E-state index in [1.54, 1.807) is 16.7 Å². The molecule has 1 unspecified atom stereocenters. The van der Waals surface area contributed by atoms with E-state index in [1.165, 1.54) is 0 Å². The van der Waals surface area contributed by atoms with Crippen molar-refractivity contribution in [2.45, 2.75) is 32.9 Å². The average molecular weight is 403 g/mol. The molecule has 1 aliphatic rings. The number of primary amides is 1. The third kappa shape index (κ3) is 4.51. The molecule has 2 amide bonds. The van der Waals surface area contributed by atoms with Crippen molar-refractivity contribution in [3.8, 4) is 0 Å². The second kappa shape index (κ2) is 9.23. The zero-order valence-electron chi connectivity index (χ0n) is 17.0. The maximum absolute atomic E-state index is 13.1. The van der Waals surface area contributed by atoms with Gasteiger partial charge in [-0.25, -0.2) is 14.2 Å². The Morgan fingerprint density at radius 2 is 1.83 bits per heavy atom. The first kappa shape index (κ1) is 21.1. The molecule has 0 spiro atoms. The Kier molecular flexibility index (Phi) is 6.71. The van der Waals surface area contributed by atoms with E-state index in [9.17, 15) is 14.4 Å². The molecular weight excluding hydrogens is 374 g/mol. The molecular formula is C20H29N5O4. The fourth-order valence-corrected chi connectivity index (χ4v) is 3.61. The lowest BCUT2D eigenvalue weighted by atomic mass is 9.99. The lowest BCUT2D eigenvalue weighted by Gasteiger charge is -2.26. The number of ether oxygens (including phenoxy) is 1. The standard InChI is InChI=1S/C20H29N5O4/c1-3-14(2)17(18(21)26)22-19(27)25-16-7-5-4-6-15(16)24(20(25)28)9-8-23-10-12-29-13-11-23/h4-7,14,17H,3,8-13H2,1-2H3,(H2,21,26)(H,22,27)/t14-,17?/m0/s1. The van der Waals surface area contributed by atoms with Crippen LogP contribution in [-0.2, 0) is 16.1 Å². The van der Waals surface area contributed by atoms with Gasteiger partial charge in [-0.1, -0.05) is 32.4 Å². The van der Waals surface area contributed by atoms with Crippen molar-refractivity contribution in [3.63, 3.8) is 0 Å². The van der Waals surface area contributed by atoms with Gasteiger partial charge in [-0.05, 0) is 18.1 Å². The summed E-state index contributed by atoms with van der Waals surface area (Å²) >= 11 is 0. The number of carbonyl (C=O) groups is 2. The lowest BCUT2D eigenvalue weighted by Crippen LogP contribution is -2.51. The molecule has 1 saturated heterocycles. The first-order valence-electron chi connectivity index (χ1n) is 10.0. The van der Waals surface area contributed by atoms with E-state index < -0.39 is 23.7 Å². The zero-order valence-corrected chi connectivity index (χ0v) is 17.0. The van der Waals surface area contributed by atoms with Crippen LogP contribution in [0.4, 0.5) is 4.79 Å². The van der Waals surface area contributed by atoms with Gasteiger partial charge >= 0.3 is 11.7 Å². The van der Waals surface area contributed by atoms with Gasteiger partial charge in [0.25, 0.3) is 0 Å². The van der Waals surface area contributed by atoms with Crippen LogP contribution in [0.5, 0.6) is 0 Å². The number of aromatic nitrogens is 2. The Morgan fingerprint density at radius 3 is 2.45 bits per heavy atom. The fourth-order valence-electron chi connectivity index (χ4n) is 3.61. The van der Waals surface area contributed by atoms with Crippen LogP contribution in [0.2, 0.25) is 0 Å². The van der Waals surface area contributed by atoms with Gasteiger partial charge in [0.2, 0.25) is 5.91 Å². The van der Waals surface area contributed by atoms with Crippen LogP contribution in [0.1, 0.15) is 20.3 Å². The van der Waals surface area contributed by atoms with Crippen molar-refractivity contribution in [1.82, 2.24) is 19.4 Å². The number of carbonyl (C=O) groups excluding carboxylic acids is 2. The van der Waals surface area contributed by atoms with E-state index in [0.717, 1.165) is 17.7 Å². The van der Waals surface area contributed by atoms with E-state index in [1.807, 2.05) is 26.0 Å². The summed E-state index contributed by atoms with van der Waals surface area (Å²) in [5.74, 6) is -0.751. The molecule has 0 bridgehead atoms. The number of fused-ring (bicyclic) bond motifs is 1. The van der Waals surface area contributed by atoms with Crippen LogP contribution in [0.3, 0.4) is 0 Å². The van der Waals surface area contributed by atoms with Gasteiger partial charge in [-0.15, -0.1) is 0 Å². The topological polar surface area (TPSA) is 112 Å². The minimum absolute atomic E-state index is 0.137. The highest BCUT2D eigenvalue weighted by Crippen LogP contribution is 2.14. The minimum Gasteiger partial charge on any atom is -0.379 e. The smallest absolute Gasteiger partial charge is 0.337 e. The average Bonchev–Trinajstić information content (AvgIpc) is 3.01. The molecule has 3 N–H and O–H groups in total. The number of amides is 2. The van der Waals surface area contributed by atoms with Gasteiger partial charge in [-0.3, -0.25) is 14.3 Å². The Hall–Kier alpha value is -2.65. The monoisotopic (exact) mass is 403 g/mol. The van der Waals surface area contributed by atoms with Crippen molar-refractivity contribution in [3.05, 3.63) is 34.7 Å². The molecule has 1 aliphatic heterocycles. The van der Waals surface area contributed by atoms with Crippen LogP contribution in [-0.4, -0.2) is 64.9 Å². The summed E-state index contributed by atoms with van der Waals surface area (Å²) in [6.07, 6.45) is 0.671. The number of rotatable bonds is 7. The molecule has 1 aromatic heterocycles. The van der Waals surface area contributed by atoms with Crippen molar-refractivity contribution in [2.24, 2.45) is 11.7 Å². The van der Waals surface area contributed by atoms with Crippen LogP contribution >= 0.6 is 0 Å². The quantitative estimate of drug-likeness (QED) is 0.703. The molecule has 0 aliphatic carbocycles. The third-order valence-electron chi connectivity index (χ3n) is 5.58. The maximum Gasteiger partial charge on any atom is 0.337 e. The van der Waals surface area contributed by atoms with Gasteiger partial charge in [0.15, 0.2) is 0 Å². The molecule has 9 nitrogen and oxygen atoms in total. The number of imidazole rings is 1. The normalized spacial score (nSPS) is 17.2. The van der Waals surface area contributed by atoms with Crippen LogP contribution in [0.25, 0.3) is 11.0 Å². The van der Waals surface area contributed by atoms with E-state index in [2.05, 4.69) is 10.2 Å². The fraction of sp³-hybridized carbons (Fsp3) is 0.550. The molecule has 0 radical (unpaired) electrons. The number of nitrogens with two attached hydrogens (primary N) is 1. The number of hydrogen-bond donors (Lipinski definition) is 2. The second-order valence-electron chi connectivity index (χ2n) is 7.43. The Labute approximate surface area is 169 Å². The summed E-state index contributed by atoms with van der Waals surface area (Å²) in [4.78, 5) is 40.1. The van der Waals surface area contributed by atoms with Crippen molar-refractivity contribution < 1.29 is 14.3 Å². The van der Waals surface area contributed by atoms with E-state index in [0.29, 0.717) is 43.8 Å². The van der Waals surface area contributed by atoms with E-state index >= 15 is 0 Å². The molecule has 1 fully saturated rings. The minimum atomic E-state index is -0.838. The predicted octanol–water partition coefficient (Wildman–Crippen LogP) is 0.593. The van der Waals surface area contributed by atoms with E-state index in [-0.39, 0.29) is 5.92 Å². The maximum atomic E-state index is 13.1. The Morgan fingerprint density at radius 1 is 1.17 bits per heavy atom. The summed E-state index contributed by atoms with van der Waals surface area (Å²) in [6, 6.07) is 5.68. The van der Waals surface area contributed by atoms with Crippen LogP contribution in [0, 0.1) is 5.92 Å². The van der Waals surface area contributed by atoms with Crippen LogP contribution < -0.4 is 16.7 Å². The lowest BCUT2D eigenvalue weighted by molar-refractivity contribution is -0.120. The van der Waals surface area contributed by atoms with Gasteiger partial charge in [0, 0.05) is 26.2 Å². The number of para-hydroxylation sites is 2.